The molecule has 12 heteroatoms. The maximum Gasteiger partial charge on any atom is 0.341 e. The van der Waals surface area contributed by atoms with Gasteiger partial charge in [0.15, 0.2) is 13.2 Å². The van der Waals surface area contributed by atoms with E-state index >= 15 is 0 Å². The Balaban J connectivity index is 0. The van der Waals surface area contributed by atoms with E-state index in [4.69, 9.17) is 66.1 Å². The Labute approximate surface area is 200 Å². The smallest absolute Gasteiger partial charge is 0.341 e. The fourth-order valence-corrected chi connectivity index (χ4v) is 2.39. The molecule has 174 valence electrons. The molecule has 5 N–H and O–H groups in total. The number of carboxylic acids is 2. The number of ether oxygens (including phenoxy) is 2. The molecular weight excluding hydrogens is 494 g/mol. The van der Waals surface area contributed by atoms with Gasteiger partial charge in [0.05, 0.1) is 10.0 Å². The second-order valence-corrected chi connectivity index (χ2v) is 6.70. The lowest BCUT2D eigenvalue weighted by molar-refractivity contribution is -0.140. The predicted octanol–water partition coefficient (Wildman–Crippen LogP) is 4.32. The minimum Gasteiger partial charge on any atom is -0.480 e. The third-order valence-electron chi connectivity index (χ3n) is 2.49. The van der Waals surface area contributed by atoms with Gasteiger partial charge in [0, 0.05) is 10.0 Å². The number of halogens is 4. The molecular formula is C19H24Cl4N2O6. The first kappa shape index (κ1) is 31.2. The van der Waals surface area contributed by atoms with Gasteiger partial charge in [-0.25, -0.2) is 9.59 Å². The van der Waals surface area contributed by atoms with Crippen LogP contribution in [0.2, 0.25) is 20.1 Å². The van der Waals surface area contributed by atoms with E-state index in [1.807, 2.05) is 14.1 Å². The monoisotopic (exact) mass is 516 g/mol. The standard InChI is InChI=1S/2C8H6Cl2O3.C2H7N.CH5N/c2*9-5-1-2-7(6(10)3-5)13-4-8(11)12;1-3-2;1-2/h2*1-3H,4H2,(H,11,12);3H,1-2H3;2H2,1H3. The van der Waals surface area contributed by atoms with Crippen molar-refractivity contribution in [3.63, 3.8) is 0 Å². The molecule has 0 aliphatic carbocycles. The summed E-state index contributed by atoms with van der Waals surface area (Å²) in [7, 11) is 5.25. The number of rotatable bonds is 6. The molecule has 0 fully saturated rings. The summed E-state index contributed by atoms with van der Waals surface area (Å²) >= 11 is 22.7. The summed E-state index contributed by atoms with van der Waals surface area (Å²) in [6.07, 6.45) is 0. The molecule has 2 rings (SSSR count). The average Bonchev–Trinajstić information content (AvgIpc) is 2.69. The maximum absolute atomic E-state index is 10.2. The Hall–Kier alpha value is -1.94. The van der Waals surface area contributed by atoms with Gasteiger partial charge in [-0.3, -0.25) is 0 Å². The van der Waals surface area contributed by atoms with Crippen molar-refractivity contribution >= 4 is 58.3 Å². The van der Waals surface area contributed by atoms with Crippen LogP contribution in [0.25, 0.3) is 0 Å². The minimum absolute atomic E-state index is 0.300. The van der Waals surface area contributed by atoms with E-state index < -0.39 is 25.2 Å². The van der Waals surface area contributed by atoms with Crippen molar-refractivity contribution in [1.82, 2.24) is 5.32 Å². The molecule has 0 aliphatic rings. The highest BCUT2D eigenvalue weighted by atomic mass is 35.5. The second kappa shape index (κ2) is 18.8. The fraction of sp³-hybridized carbons (Fsp3) is 0.263. The summed E-state index contributed by atoms with van der Waals surface area (Å²) in [5.74, 6) is -1.47. The molecule has 0 aliphatic heterocycles. The van der Waals surface area contributed by atoms with Crippen molar-refractivity contribution in [3.8, 4) is 11.5 Å². The summed E-state index contributed by atoms with van der Waals surface area (Å²) < 4.78 is 9.73. The number of nitrogens with one attached hydrogen (secondary N) is 1. The molecule has 0 saturated heterocycles. The molecule has 0 atom stereocenters. The first-order valence-electron chi connectivity index (χ1n) is 8.36. The zero-order valence-electron chi connectivity index (χ0n) is 17.0. The molecule has 8 nitrogen and oxygen atoms in total. The Morgan fingerprint density at radius 1 is 0.806 bits per heavy atom. The zero-order chi connectivity index (χ0) is 24.4. The van der Waals surface area contributed by atoms with Crippen LogP contribution in [0.4, 0.5) is 0 Å². The van der Waals surface area contributed by atoms with E-state index in [-0.39, 0.29) is 0 Å². The number of hydrogen-bond acceptors (Lipinski definition) is 6. The van der Waals surface area contributed by atoms with Crippen LogP contribution in [-0.2, 0) is 9.59 Å². The Morgan fingerprint density at radius 2 is 1.10 bits per heavy atom. The summed E-state index contributed by atoms with van der Waals surface area (Å²) in [6, 6.07) is 9.16. The molecule has 2 aromatic carbocycles. The molecule has 0 unspecified atom stereocenters. The Bertz CT molecular complexity index is 743. The lowest BCUT2D eigenvalue weighted by Crippen LogP contribution is -2.09. The van der Waals surface area contributed by atoms with E-state index in [1.165, 1.54) is 31.3 Å². The van der Waals surface area contributed by atoms with Crippen molar-refractivity contribution in [2.24, 2.45) is 5.73 Å². The van der Waals surface area contributed by atoms with E-state index in [1.54, 1.807) is 12.1 Å². The fourth-order valence-electron chi connectivity index (χ4n) is 1.46. The largest absolute Gasteiger partial charge is 0.480 e. The SMILES string of the molecule is CN.CNC.O=C(O)COc1ccc(Cl)cc1Cl.O=C(O)COc1ccc(Cl)cc1Cl. The van der Waals surface area contributed by atoms with Gasteiger partial charge in [0.2, 0.25) is 0 Å². The first-order chi connectivity index (χ1) is 14.6. The third kappa shape index (κ3) is 16.4. The van der Waals surface area contributed by atoms with Crippen LogP contribution in [0.15, 0.2) is 36.4 Å². The molecule has 0 bridgehead atoms. The van der Waals surface area contributed by atoms with E-state index in [9.17, 15) is 9.59 Å². The maximum atomic E-state index is 10.2. The highest BCUT2D eigenvalue weighted by molar-refractivity contribution is 6.36. The van der Waals surface area contributed by atoms with Crippen LogP contribution < -0.4 is 20.5 Å². The number of hydrogen-bond donors (Lipinski definition) is 4. The number of aliphatic carboxylic acids is 2. The number of benzene rings is 2. The van der Waals surface area contributed by atoms with E-state index in [0.717, 1.165) is 0 Å². The topological polar surface area (TPSA) is 131 Å². The van der Waals surface area contributed by atoms with Gasteiger partial charge in [-0.1, -0.05) is 46.4 Å². The highest BCUT2D eigenvalue weighted by Gasteiger charge is 2.05. The van der Waals surface area contributed by atoms with Gasteiger partial charge in [0.1, 0.15) is 11.5 Å². The molecule has 31 heavy (non-hydrogen) atoms. The Morgan fingerprint density at radius 3 is 1.32 bits per heavy atom. The number of carboxylic acid groups (broad SMARTS) is 2. The lowest BCUT2D eigenvalue weighted by Gasteiger charge is -2.04. The van der Waals surface area contributed by atoms with Crippen molar-refractivity contribution in [1.29, 1.82) is 0 Å². The van der Waals surface area contributed by atoms with Crippen LogP contribution in [0.1, 0.15) is 0 Å². The van der Waals surface area contributed by atoms with Crippen LogP contribution in [0, 0.1) is 0 Å². The van der Waals surface area contributed by atoms with Crippen molar-refractivity contribution in [3.05, 3.63) is 56.5 Å². The first-order valence-corrected chi connectivity index (χ1v) is 9.87. The summed E-state index contributed by atoms with van der Waals surface area (Å²) in [5.41, 5.74) is 4.50. The van der Waals surface area contributed by atoms with Gasteiger partial charge < -0.3 is 30.7 Å². The van der Waals surface area contributed by atoms with E-state index in [2.05, 4.69) is 11.1 Å². The van der Waals surface area contributed by atoms with Crippen molar-refractivity contribution in [2.45, 2.75) is 0 Å². The predicted molar refractivity (Wildman–Crippen MR) is 124 cm³/mol. The van der Waals surface area contributed by atoms with E-state index in [0.29, 0.717) is 31.6 Å². The number of carbonyl (C=O) groups is 2. The zero-order valence-corrected chi connectivity index (χ0v) is 20.0. The van der Waals surface area contributed by atoms with Crippen LogP contribution in [0.5, 0.6) is 11.5 Å². The van der Waals surface area contributed by atoms with Crippen LogP contribution in [-0.4, -0.2) is 56.5 Å². The molecule has 0 saturated carbocycles. The molecule has 0 radical (unpaired) electrons. The molecule has 0 amide bonds. The van der Waals surface area contributed by atoms with Gasteiger partial charge in [-0.05, 0) is 57.5 Å². The third-order valence-corrected chi connectivity index (χ3v) is 3.55. The van der Waals surface area contributed by atoms with Crippen molar-refractivity contribution < 1.29 is 29.3 Å². The molecule has 0 spiro atoms. The summed E-state index contributed by atoms with van der Waals surface area (Å²) in [4.78, 5) is 20.3. The van der Waals surface area contributed by atoms with Crippen molar-refractivity contribution in [2.75, 3.05) is 34.4 Å². The van der Waals surface area contributed by atoms with Gasteiger partial charge in [0.25, 0.3) is 0 Å². The van der Waals surface area contributed by atoms with Gasteiger partial charge in [-0.15, -0.1) is 0 Å². The lowest BCUT2D eigenvalue weighted by atomic mass is 10.3. The summed E-state index contributed by atoms with van der Waals surface area (Å²) in [5, 5.41) is 21.0. The molecule has 2 aromatic rings. The molecule has 0 aromatic heterocycles. The number of nitrogens with two attached hydrogens (primary N) is 1. The Kier molecular flexibility index (Phi) is 18.9. The second-order valence-electron chi connectivity index (χ2n) is 5.01. The van der Waals surface area contributed by atoms with Gasteiger partial charge in [-0.2, -0.15) is 0 Å². The van der Waals surface area contributed by atoms with Crippen LogP contribution in [0.3, 0.4) is 0 Å². The molecule has 0 heterocycles. The highest BCUT2D eigenvalue weighted by Crippen LogP contribution is 2.28. The average molecular weight is 518 g/mol. The minimum atomic E-state index is -1.05. The normalized spacial score (nSPS) is 8.90. The van der Waals surface area contributed by atoms with Crippen LogP contribution >= 0.6 is 46.4 Å². The van der Waals surface area contributed by atoms with Gasteiger partial charge >= 0.3 is 11.9 Å². The summed E-state index contributed by atoms with van der Waals surface area (Å²) in [6.45, 7) is -0.831. The quantitative estimate of drug-likeness (QED) is 0.445.